The second-order valence-electron chi connectivity index (χ2n) is 21.0. The number of para-hydroxylation sites is 2. The van der Waals surface area contributed by atoms with Crippen LogP contribution in [0.5, 0.6) is 0 Å². The Morgan fingerprint density at radius 3 is 1.44 bits per heavy atom. The Hall–Kier alpha value is -6.64. The highest BCUT2D eigenvalue weighted by Gasteiger charge is 2.42. The Morgan fingerprint density at radius 2 is 0.845 bits per heavy atom. The Kier molecular flexibility index (Phi) is 13.6. The first-order valence-electron chi connectivity index (χ1n) is 27.5. The van der Waals surface area contributed by atoms with Crippen molar-refractivity contribution in [3.8, 4) is 44.8 Å². The lowest BCUT2D eigenvalue weighted by molar-refractivity contribution is 0.398. The molecule has 0 spiro atoms. The van der Waals surface area contributed by atoms with Gasteiger partial charge in [-0.2, -0.15) is 0 Å². The van der Waals surface area contributed by atoms with Crippen LogP contribution in [0.3, 0.4) is 0 Å². The molecule has 1 aliphatic rings. The second kappa shape index (κ2) is 20.6. The topological polar surface area (TPSA) is 9.86 Å². The van der Waals surface area contributed by atoms with Crippen molar-refractivity contribution in [3.05, 3.63) is 193 Å². The Morgan fingerprint density at radius 1 is 0.366 bits per heavy atom. The first-order valence-corrected chi connectivity index (χ1v) is 27.5. The molecule has 0 saturated carbocycles. The van der Waals surface area contributed by atoms with E-state index < -0.39 is 0 Å². The average molecular weight is 929 g/mol. The van der Waals surface area contributed by atoms with E-state index in [2.05, 4.69) is 213 Å². The van der Waals surface area contributed by atoms with Crippen LogP contribution in [0.15, 0.2) is 176 Å². The van der Waals surface area contributed by atoms with Crippen molar-refractivity contribution in [3.63, 3.8) is 0 Å². The average Bonchev–Trinajstić information content (AvgIpc) is 4.03. The molecule has 2 heteroatoms. The van der Waals surface area contributed by atoms with Crippen molar-refractivity contribution in [2.24, 2.45) is 0 Å². The number of unbranched alkanes of at least 4 members (excludes halogenated alkanes) is 10. The molecule has 2 nitrogen and oxygen atoms in total. The summed E-state index contributed by atoms with van der Waals surface area (Å²) in [5.74, 6) is 0.553. The van der Waals surface area contributed by atoms with E-state index in [-0.39, 0.29) is 5.41 Å². The van der Waals surface area contributed by atoms with Gasteiger partial charge in [0.05, 0.1) is 22.1 Å². The van der Waals surface area contributed by atoms with Crippen molar-refractivity contribution in [2.45, 2.75) is 135 Å². The van der Waals surface area contributed by atoms with Gasteiger partial charge in [0, 0.05) is 38.3 Å². The predicted octanol–water partition coefficient (Wildman–Crippen LogP) is 20.5. The Balaban J connectivity index is 0.955. The van der Waals surface area contributed by atoms with Crippen LogP contribution in [0.1, 0.15) is 147 Å². The van der Waals surface area contributed by atoms with Crippen LogP contribution < -0.4 is 0 Å². The molecule has 10 aromatic rings. The zero-order chi connectivity index (χ0) is 48.3. The summed E-state index contributed by atoms with van der Waals surface area (Å²) in [6.07, 6.45) is 19.5. The third-order valence-electron chi connectivity index (χ3n) is 16.6. The molecule has 2 aromatic heterocycles. The summed E-state index contributed by atoms with van der Waals surface area (Å²) in [5, 5.41) is 5.15. The van der Waals surface area contributed by atoms with Crippen LogP contribution >= 0.6 is 0 Å². The predicted molar refractivity (Wildman–Crippen MR) is 307 cm³/mol. The molecule has 0 N–H and O–H groups in total. The van der Waals surface area contributed by atoms with Gasteiger partial charge >= 0.3 is 0 Å². The van der Waals surface area contributed by atoms with Crippen molar-refractivity contribution in [2.75, 3.05) is 0 Å². The first kappa shape index (κ1) is 46.7. The smallest absolute Gasteiger partial charge is 0.0541 e. The SMILES string of the molecule is CCCCCCCCC1(CCCCCCCC)c2ccccc2-c2ccc(-n3c4ccccc4c4cc(-c5cccc(-c6ccc7c(c6)c6ccccc6n7-c6ccc(C(C)CC)cc6)c5)ccc43)cc21. The van der Waals surface area contributed by atoms with Gasteiger partial charge in [-0.1, -0.05) is 214 Å². The number of hydrogen-bond acceptors (Lipinski definition) is 0. The van der Waals surface area contributed by atoms with Crippen LogP contribution in [0, 0.1) is 0 Å². The fourth-order valence-corrected chi connectivity index (χ4v) is 12.6. The lowest BCUT2D eigenvalue weighted by Crippen LogP contribution is -2.25. The molecular weight excluding hydrogens is 857 g/mol. The van der Waals surface area contributed by atoms with Crippen molar-refractivity contribution in [1.82, 2.24) is 9.13 Å². The van der Waals surface area contributed by atoms with Gasteiger partial charge in [-0.3, -0.25) is 0 Å². The molecule has 71 heavy (non-hydrogen) atoms. The number of nitrogens with zero attached hydrogens (tertiary/aromatic N) is 2. The number of fused-ring (bicyclic) bond motifs is 9. The van der Waals surface area contributed by atoms with Gasteiger partial charge in [-0.25, -0.2) is 0 Å². The third kappa shape index (κ3) is 8.72. The lowest BCUT2D eigenvalue weighted by atomic mass is 9.70. The van der Waals surface area contributed by atoms with Crippen LogP contribution in [0.25, 0.3) is 88.4 Å². The molecule has 0 fully saturated rings. The maximum Gasteiger partial charge on any atom is 0.0541 e. The number of aromatic nitrogens is 2. The normalized spacial score (nSPS) is 13.4. The molecule has 1 unspecified atom stereocenters. The van der Waals surface area contributed by atoms with Gasteiger partial charge in [0.2, 0.25) is 0 Å². The molecule has 0 amide bonds. The van der Waals surface area contributed by atoms with Crippen LogP contribution in [-0.2, 0) is 5.41 Å². The fraction of sp³-hybridized carbons (Fsp3) is 0.304. The third-order valence-corrected chi connectivity index (χ3v) is 16.6. The van der Waals surface area contributed by atoms with Crippen molar-refractivity contribution in [1.29, 1.82) is 0 Å². The zero-order valence-corrected chi connectivity index (χ0v) is 42.8. The molecule has 1 aliphatic carbocycles. The number of hydrogen-bond donors (Lipinski definition) is 0. The van der Waals surface area contributed by atoms with Gasteiger partial charge in [0.25, 0.3) is 0 Å². The zero-order valence-electron chi connectivity index (χ0n) is 42.8. The van der Waals surface area contributed by atoms with E-state index in [1.807, 2.05) is 0 Å². The summed E-state index contributed by atoms with van der Waals surface area (Å²) < 4.78 is 4.99. The van der Waals surface area contributed by atoms with Crippen molar-refractivity contribution >= 4 is 43.6 Å². The summed E-state index contributed by atoms with van der Waals surface area (Å²) in [5.41, 5.74) is 19.9. The highest BCUT2D eigenvalue weighted by Crippen LogP contribution is 2.55. The standard InChI is InChI=1S/C69H72N2/c1-5-8-10-12-14-22-43-69(44-23-15-13-11-9-6-2)63-30-19-16-27-57(63)58-40-39-56(48-64(58)69)71-66-32-21-18-29-60(66)62-47-54(36-42-68(62)71)52-26-24-25-51(45-52)53-35-41-67-61(46-53)59-28-17-20-31-65(59)70(67)55-37-33-50(34-38-55)49(4)7-3/h16-21,24-42,45-49H,5-15,22-23,43-44H2,1-4H3. The highest BCUT2D eigenvalue weighted by atomic mass is 15.0. The quantitative estimate of drug-likeness (QED) is 0.0674. The Bertz CT molecular complexity index is 3450. The van der Waals surface area contributed by atoms with E-state index in [1.165, 1.54) is 184 Å². The number of benzene rings is 8. The monoisotopic (exact) mass is 929 g/mol. The molecular formula is C69H72N2. The molecule has 358 valence electrons. The molecule has 11 rings (SSSR count). The minimum Gasteiger partial charge on any atom is -0.309 e. The fourth-order valence-electron chi connectivity index (χ4n) is 12.6. The molecule has 0 radical (unpaired) electrons. The van der Waals surface area contributed by atoms with E-state index >= 15 is 0 Å². The molecule has 2 heterocycles. The van der Waals surface area contributed by atoms with Gasteiger partial charge in [0.15, 0.2) is 0 Å². The minimum atomic E-state index is 0.0370. The van der Waals surface area contributed by atoms with E-state index in [0.29, 0.717) is 5.92 Å². The lowest BCUT2D eigenvalue weighted by Gasteiger charge is -2.33. The summed E-state index contributed by atoms with van der Waals surface area (Å²) in [4.78, 5) is 0. The maximum absolute atomic E-state index is 2.62. The Labute approximate surface area is 423 Å². The second-order valence-corrected chi connectivity index (χ2v) is 21.0. The van der Waals surface area contributed by atoms with E-state index in [9.17, 15) is 0 Å². The minimum absolute atomic E-state index is 0.0370. The summed E-state index contributed by atoms with van der Waals surface area (Å²) in [6, 6.07) is 67.5. The molecule has 8 aromatic carbocycles. The highest BCUT2D eigenvalue weighted by molar-refractivity contribution is 6.12. The van der Waals surface area contributed by atoms with Crippen LogP contribution in [0.4, 0.5) is 0 Å². The molecule has 1 atom stereocenters. The van der Waals surface area contributed by atoms with Gasteiger partial charge in [-0.05, 0) is 142 Å². The summed E-state index contributed by atoms with van der Waals surface area (Å²) >= 11 is 0. The molecule has 0 saturated heterocycles. The van der Waals surface area contributed by atoms with Gasteiger partial charge in [-0.15, -0.1) is 0 Å². The largest absolute Gasteiger partial charge is 0.309 e. The first-order chi connectivity index (χ1) is 35.0. The summed E-state index contributed by atoms with van der Waals surface area (Å²) in [7, 11) is 0. The molecule has 0 bridgehead atoms. The van der Waals surface area contributed by atoms with Crippen molar-refractivity contribution < 1.29 is 0 Å². The van der Waals surface area contributed by atoms with Gasteiger partial charge < -0.3 is 9.13 Å². The van der Waals surface area contributed by atoms with E-state index in [4.69, 9.17) is 0 Å². The van der Waals surface area contributed by atoms with Crippen LogP contribution in [-0.4, -0.2) is 9.13 Å². The number of rotatable bonds is 20. The van der Waals surface area contributed by atoms with Gasteiger partial charge in [0.1, 0.15) is 0 Å². The molecule has 0 aliphatic heterocycles. The van der Waals surface area contributed by atoms with Crippen LogP contribution in [0.2, 0.25) is 0 Å². The summed E-state index contributed by atoms with van der Waals surface area (Å²) in [6.45, 7) is 9.23. The van der Waals surface area contributed by atoms with E-state index in [0.717, 1.165) is 6.42 Å². The maximum atomic E-state index is 2.62. The van der Waals surface area contributed by atoms with E-state index in [1.54, 1.807) is 11.1 Å².